The predicted octanol–water partition coefficient (Wildman–Crippen LogP) is 3.74. The van der Waals surface area contributed by atoms with Gasteiger partial charge in [-0.05, 0) is 61.8 Å². The van der Waals surface area contributed by atoms with Gasteiger partial charge in [0.25, 0.3) is 11.8 Å². The van der Waals surface area contributed by atoms with Crippen molar-refractivity contribution in [2.24, 2.45) is 5.73 Å². The molecule has 10 heteroatoms. The van der Waals surface area contributed by atoms with E-state index in [9.17, 15) is 22.8 Å². The zero-order chi connectivity index (χ0) is 22.6. The molecule has 0 aromatic heterocycles. The molecule has 1 spiro atoms. The second-order valence-corrected chi connectivity index (χ2v) is 7.73. The number of thiocarbonyl (C=S) groups is 1. The summed E-state index contributed by atoms with van der Waals surface area (Å²) in [5.74, 6) is -1.18. The number of hydrogen-bond acceptors (Lipinski definition) is 4. The molecule has 1 aliphatic carbocycles. The summed E-state index contributed by atoms with van der Waals surface area (Å²) in [6.07, 6.45) is -3.20. The summed E-state index contributed by atoms with van der Waals surface area (Å²) in [5, 5.41) is 8.99. The van der Waals surface area contributed by atoms with Crippen LogP contribution < -0.4 is 15.5 Å². The summed E-state index contributed by atoms with van der Waals surface area (Å²) in [6.45, 7) is 0. The van der Waals surface area contributed by atoms with Gasteiger partial charge in [-0.2, -0.15) is 18.4 Å². The third kappa shape index (κ3) is 3.04. The van der Waals surface area contributed by atoms with Gasteiger partial charge >= 0.3 is 6.18 Å². The summed E-state index contributed by atoms with van der Waals surface area (Å²) in [7, 11) is 0. The molecule has 0 radical (unpaired) electrons. The molecule has 1 saturated heterocycles. The second-order valence-electron chi connectivity index (χ2n) is 7.36. The lowest BCUT2D eigenvalue weighted by Crippen LogP contribution is -2.55. The average Bonchev–Trinajstić information content (AvgIpc) is 2.93. The Kier molecular flexibility index (Phi) is 4.74. The number of nitrogens with two attached hydrogens (primary N) is 1. The molecule has 31 heavy (non-hydrogen) atoms. The zero-order valence-electron chi connectivity index (χ0n) is 15.9. The number of hydrogen-bond donors (Lipinski definition) is 1. The maximum atomic E-state index is 13.5. The van der Waals surface area contributed by atoms with E-state index in [1.165, 1.54) is 23.1 Å². The molecule has 2 N–H and O–H groups in total. The quantitative estimate of drug-likeness (QED) is 0.729. The van der Waals surface area contributed by atoms with Crippen molar-refractivity contribution in [2.75, 3.05) is 9.80 Å². The summed E-state index contributed by atoms with van der Waals surface area (Å²) >= 11 is 5.53. The molecule has 4 rings (SSSR count). The van der Waals surface area contributed by atoms with E-state index in [2.05, 4.69) is 0 Å². The summed E-state index contributed by atoms with van der Waals surface area (Å²) in [5.41, 5.74) is 3.10. The fourth-order valence-corrected chi connectivity index (χ4v) is 4.53. The number of halogens is 3. The molecule has 1 aliphatic heterocycles. The number of alkyl halides is 3. The molecular formula is C21H15F3N4O2S. The Morgan fingerprint density at radius 3 is 2.42 bits per heavy atom. The van der Waals surface area contributed by atoms with Gasteiger partial charge in [0.15, 0.2) is 5.11 Å². The van der Waals surface area contributed by atoms with Gasteiger partial charge < -0.3 is 10.6 Å². The van der Waals surface area contributed by atoms with Crippen LogP contribution in [-0.2, 0) is 11.0 Å². The first-order valence-electron chi connectivity index (χ1n) is 9.31. The fourth-order valence-electron chi connectivity index (χ4n) is 4.06. The molecule has 6 nitrogen and oxygen atoms in total. The van der Waals surface area contributed by atoms with E-state index in [0.29, 0.717) is 18.5 Å². The molecule has 1 saturated carbocycles. The van der Waals surface area contributed by atoms with Crippen molar-refractivity contribution in [2.45, 2.75) is 31.0 Å². The molecule has 0 unspecified atom stereocenters. The Balaban J connectivity index is 1.87. The van der Waals surface area contributed by atoms with Crippen molar-refractivity contribution in [3.8, 4) is 6.07 Å². The van der Waals surface area contributed by atoms with Crippen LogP contribution in [0.5, 0.6) is 0 Å². The Morgan fingerprint density at radius 2 is 1.87 bits per heavy atom. The Hall–Kier alpha value is -3.45. The first-order chi connectivity index (χ1) is 14.6. The van der Waals surface area contributed by atoms with E-state index >= 15 is 0 Å². The van der Waals surface area contributed by atoms with Gasteiger partial charge in [0.1, 0.15) is 5.54 Å². The Bertz CT molecular complexity index is 1170. The number of anilines is 2. The van der Waals surface area contributed by atoms with E-state index in [-0.39, 0.29) is 16.4 Å². The van der Waals surface area contributed by atoms with Crippen molar-refractivity contribution in [3.63, 3.8) is 0 Å². The van der Waals surface area contributed by atoms with Crippen LogP contribution in [0, 0.1) is 11.3 Å². The molecule has 2 aromatic carbocycles. The van der Waals surface area contributed by atoms with Gasteiger partial charge in [0.05, 0.1) is 34.1 Å². The van der Waals surface area contributed by atoms with Crippen LogP contribution in [0.25, 0.3) is 0 Å². The van der Waals surface area contributed by atoms with Crippen LogP contribution >= 0.6 is 12.2 Å². The third-order valence-corrected chi connectivity index (χ3v) is 6.06. The van der Waals surface area contributed by atoms with Gasteiger partial charge in [-0.3, -0.25) is 14.5 Å². The maximum Gasteiger partial charge on any atom is 0.417 e. The highest BCUT2D eigenvalue weighted by Crippen LogP contribution is 2.49. The zero-order valence-corrected chi connectivity index (χ0v) is 16.8. The van der Waals surface area contributed by atoms with Crippen molar-refractivity contribution in [1.82, 2.24) is 0 Å². The topological polar surface area (TPSA) is 90.4 Å². The average molecular weight is 444 g/mol. The lowest BCUT2D eigenvalue weighted by atomic mass is 9.75. The second kappa shape index (κ2) is 7.06. The van der Waals surface area contributed by atoms with Gasteiger partial charge in [-0.15, -0.1) is 0 Å². The molecule has 2 aliphatic rings. The first-order valence-corrected chi connectivity index (χ1v) is 9.71. The summed E-state index contributed by atoms with van der Waals surface area (Å²) in [6, 6.07) is 10.9. The maximum absolute atomic E-state index is 13.5. The number of nitrogens with zero attached hydrogens (tertiary/aromatic N) is 3. The standard InChI is InChI=1S/C21H15F3N4O2S/c22-21(23,24)15-10-13(7-6-12(15)11-25)27-18(30)20(8-3-9-20)28(19(27)31)16-5-2-1-4-14(16)17(26)29/h1-2,4-7,10H,3,8-9H2,(H2,26,29). The van der Waals surface area contributed by atoms with E-state index < -0.39 is 34.7 Å². The molecule has 0 bridgehead atoms. The highest BCUT2D eigenvalue weighted by Gasteiger charge is 2.60. The predicted molar refractivity (Wildman–Crippen MR) is 110 cm³/mol. The number of benzene rings is 2. The van der Waals surface area contributed by atoms with Gasteiger partial charge in [0, 0.05) is 0 Å². The third-order valence-electron chi connectivity index (χ3n) is 5.69. The van der Waals surface area contributed by atoms with E-state index in [1.54, 1.807) is 18.2 Å². The van der Waals surface area contributed by atoms with Crippen LogP contribution in [0.2, 0.25) is 0 Å². The molecule has 158 valence electrons. The first kappa shape index (κ1) is 20.8. The lowest BCUT2D eigenvalue weighted by molar-refractivity contribution is -0.137. The Morgan fingerprint density at radius 1 is 1.19 bits per heavy atom. The van der Waals surface area contributed by atoms with Crippen LogP contribution in [0.3, 0.4) is 0 Å². The normalized spacial score (nSPS) is 17.6. The summed E-state index contributed by atoms with van der Waals surface area (Å²) < 4.78 is 40.4. The van der Waals surface area contributed by atoms with E-state index in [1.807, 2.05) is 0 Å². The molecule has 1 heterocycles. The number of amides is 2. The summed E-state index contributed by atoms with van der Waals surface area (Å²) in [4.78, 5) is 28.0. The van der Waals surface area contributed by atoms with Crippen molar-refractivity contribution in [1.29, 1.82) is 5.26 Å². The van der Waals surface area contributed by atoms with E-state index in [0.717, 1.165) is 23.5 Å². The van der Waals surface area contributed by atoms with Crippen molar-refractivity contribution < 1.29 is 22.8 Å². The largest absolute Gasteiger partial charge is 0.417 e. The van der Waals surface area contributed by atoms with Gasteiger partial charge in [-0.1, -0.05) is 12.1 Å². The molecule has 2 fully saturated rings. The SMILES string of the molecule is N#Cc1ccc(N2C(=O)C3(CCC3)N(c3ccccc3C(N)=O)C2=S)cc1C(F)(F)F. The number of primary amides is 1. The van der Waals surface area contributed by atoms with Gasteiger partial charge in [0.2, 0.25) is 0 Å². The minimum absolute atomic E-state index is 0.0452. The molecule has 2 aromatic rings. The van der Waals surface area contributed by atoms with Crippen LogP contribution in [0.4, 0.5) is 24.5 Å². The fraction of sp³-hybridized carbons (Fsp3) is 0.238. The highest BCUT2D eigenvalue weighted by atomic mass is 32.1. The number of carbonyl (C=O) groups excluding carboxylic acids is 2. The highest BCUT2D eigenvalue weighted by molar-refractivity contribution is 7.81. The van der Waals surface area contributed by atoms with Crippen LogP contribution in [0.1, 0.15) is 40.7 Å². The molecule has 2 amide bonds. The monoisotopic (exact) mass is 444 g/mol. The smallest absolute Gasteiger partial charge is 0.366 e. The van der Waals surface area contributed by atoms with Crippen molar-refractivity contribution >= 4 is 40.5 Å². The van der Waals surface area contributed by atoms with Crippen LogP contribution in [-0.4, -0.2) is 22.5 Å². The van der Waals surface area contributed by atoms with Gasteiger partial charge in [-0.25, -0.2) is 0 Å². The van der Waals surface area contributed by atoms with E-state index in [4.69, 9.17) is 23.2 Å². The number of rotatable bonds is 3. The number of para-hydroxylation sites is 1. The van der Waals surface area contributed by atoms with Crippen molar-refractivity contribution in [3.05, 3.63) is 59.2 Å². The molecular weight excluding hydrogens is 429 g/mol. The van der Waals surface area contributed by atoms with Crippen LogP contribution in [0.15, 0.2) is 42.5 Å². The molecule has 0 atom stereocenters. The number of carbonyl (C=O) groups is 2. The Labute approximate surface area is 180 Å². The minimum atomic E-state index is -4.78. The minimum Gasteiger partial charge on any atom is -0.366 e. The lowest BCUT2D eigenvalue weighted by Gasteiger charge is -2.43. The number of nitriles is 1.